The van der Waals surface area contributed by atoms with Gasteiger partial charge >= 0.3 is 0 Å². The van der Waals surface area contributed by atoms with Crippen molar-refractivity contribution in [2.45, 2.75) is 0 Å². The fourth-order valence-corrected chi connectivity index (χ4v) is 1.96. The molecular weight excluding hydrogens is 237 g/mol. The first-order chi connectivity index (χ1) is 7.63. The number of benzene rings is 1. The molecule has 0 unspecified atom stereocenters. The standard InChI is InChI=1S/C11H5F3OS/c12-9-3-7(5-16-9)8-2-1-6(4-15)10(13)11(8)14/h1-5H. The monoisotopic (exact) mass is 242 g/mol. The number of thiophene rings is 1. The Bertz CT molecular complexity index is 548. The highest BCUT2D eigenvalue weighted by molar-refractivity contribution is 7.08. The Morgan fingerprint density at radius 2 is 1.88 bits per heavy atom. The second kappa shape index (κ2) is 4.09. The maximum atomic E-state index is 13.5. The summed E-state index contributed by atoms with van der Waals surface area (Å²) >= 11 is 0.798. The molecule has 82 valence electrons. The van der Waals surface area contributed by atoms with E-state index >= 15 is 0 Å². The molecule has 1 nitrogen and oxygen atoms in total. The van der Waals surface area contributed by atoms with Crippen LogP contribution in [0, 0.1) is 16.8 Å². The highest BCUT2D eigenvalue weighted by Gasteiger charge is 2.15. The molecule has 0 saturated heterocycles. The van der Waals surface area contributed by atoms with E-state index in [1.54, 1.807) is 0 Å². The maximum Gasteiger partial charge on any atom is 0.177 e. The predicted molar refractivity (Wildman–Crippen MR) is 55.0 cm³/mol. The van der Waals surface area contributed by atoms with Gasteiger partial charge in [-0.05, 0) is 17.7 Å². The first-order valence-electron chi connectivity index (χ1n) is 4.31. The van der Waals surface area contributed by atoms with Gasteiger partial charge in [-0.25, -0.2) is 8.78 Å². The molecule has 0 aliphatic heterocycles. The van der Waals surface area contributed by atoms with Gasteiger partial charge in [-0.2, -0.15) is 4.39 Å². The summed E-state index contributed by atoms with van der Waals surface area (Å²) in [5.41, 5.74) is -0.142. The highest BCUT2D eigenvalue weighted by atomic mass is 32.1. The molecule has 1 aromatic heterocycles. The molecule has 0 atom stereocenters. The lowest BCUT2D eigenvalue weighted by atomic mass is 10.1. The van der Waals surface area contributed by atoms with Crippen molar-refractivity contribution in [3.05, 3.63) is 45.9 Å². The third-order valence-electron chi connectivity index (χ3n) is 2.12. The minimum atomic E-state index is -1.21. The number of aldehydes is 1. The van der Waals surface area contributed by atoms with E-state index in [1.165, 1.54) is 11.4 Å². The van der Waals surface area contributed by atoms with Gasteiger partial charge in [-0.15, -0.1) is 11.3 Å². The van der Waals surface area contributed by atoms with E-state index in [2.05, 4.69) is 0 Å². The van der Waals surface area contributed by atoms with Gasteiger partial charge in [-0.3, -0.25) is 4.79 Å². The van der Waals surface area contributed by atoms with Crippen molar-refractivity contribution in [3.8, 4) is 11.1 Å². The van der Waals surface area contributed by atoms with Crippen molar-refractivity contribution in [1.82, 2.24) is 0 Å². The molecule has 1 aromatic carbocycles. The van der Waals surface area contributed by atoms with Gasteiger partial charge in [0.1, 0.15) is 0 Å². The van der Waals surface area contributed by atoms with Crippen LogP contribution in [-0.2, 0) is 0 Å². The number of halogens is 3. The normalized spacial score (nSPS) is 10.4. The van der Waals surface area contributed by atoms with Gasteiger partial charge in [0.2, 0.25) is 0 Å². The van der Waals surface area contributed by atoms with Crippen LogP contribution in [-0.4, -0.2) is 6.29 Å². The third-order valence-corrected chi connectivity index (χ3v) is 2.83. The molecular formula is C11H5F3OS. The zero-order valence-electron chi connectivity index (χ0n) is 7.84. The number of hydrogen-bond acceptors (Lipinski definition) is 2. The molecule has 0 bridgehead atoms. The molecule has 0 radical (unpaired) electrons. The quantitative estimate of drug-likeness (QED) is 0.735. The Hall–Kier alpha value is -1.62. The van der Waals surface area contributed by atoms with Crippen molar-refractivity contribution in [3.63, 3.8) is 0 Å². The Morgan fingerprint density at radius 3 is 2.44 bits per heavy atom. The number of carbonyl (C=O) groups is 1. The Balaban J connectivity index is 2.59. The Morgan fingerprint density at radius 1 is 1.12 bits per heavy atom. The van der Waals surface area contributed by atoms with Gasteiger partial charge in [0.15, 0.2) is 23.1 Å². The molecule has 5 heteroatoms. The molecule has 0 saturated carbocycles. The smallest absolute Gasteiger partial charge is 0.177 e. The minimum absolute atomic E-state index is 0.0525. The molecule has 1 heterocycles. The van der Waals surface area contributed by atoms with E-state index in [0.29, 0.717) is 0 Å². The maximum absolute atomic E-state index is 13.5. The molecule has 16 heavy (non-hydrogen) atoms. The summed E-state index contributed by atoms with van der Waals surface area (Å²) in [6, 6.07) is 3.53. The van der Waals surface area contributed by atoms with Gasteiger partial charge in [-0.1, -0.05) is 6.07 Å². The number of carbonyl (C=O) groups excluding carboxylic acids is 1. The van der Waals surface area contributed by atoms with E-state index in [4.69, 9.17) is 0 Å². The van der Waals surface area contributed by atoms with Crippen LogP contribution in [0.4, 0.5) is 13.2 Å². The second-order valence-electron chi connectivity index (χ2n) is 3.09. The molecule has 0 fully saturated rings. The molecule has 0 spiro atoms. The lowest BCUT2D eigenvalue weighted by molar-refractivity contribution is 0.111. The number of rotatable bonds is 2. The zero-order valence-corrected chi connectivity index (χ0v) is 8.65. The van der Waals surface area contributed by atoms with Crippen LogP contribution in [0.3, 0.4) is 0 Å². The van der Waals surface area contributed by atoms with Crippen LogP contribution in [0.2, 0.25) is 0 Å². The first kappa shape index (κ1) is 10.9. The van der Waals surface area contributed by atoms with E-state index in [1.807, 2.05) is 0 Å². The van der Waals surface area contributed by atoms with Crippen molar-refractivity contribution in [1.29, 1.82) is 0 Å². The SMILES string of the molecule is O=Cc1ccc(-c2csc(F)c2)c(F)c1F. The lowest BCUT2D eigenvalue weighted by Crippen LogP contribution is -1.95. The fourth-order valence-electron chi connectivity index (χ4n) is 1.33. The molecule has 0 N–H and O–H groups in total. The molecule has 2 rings (SSSR count). The van der Waals surface area contributed by atoms with E-state index < -0.39 is 16.8 Å². The van der Waals surface area contributed by atoms with Crippen LogP contribution in [0.25, 0.3) is 11.1 Å². The summed E-state index contributed by atoms with van der Waals surface area (Å²) in [6.07, 6.45) is 0.233. The van der Waals surface area contributed by atoms with E-state index in [-0.39, 0.29) is 23.0 Å². The van der Waals surface area contributed by atoms with Gasteiger partial charge in [0, 0.05) is 10.9 Å². The van der Waals surface area contributed by atoms with Crippen LogP contribution >= 0.6 is 11.3 Å². The summed E-state index contributed by atoms with van der Waals surface area (Å²) < 4.78 is 39.5. The summed E-state index contributed by atoms with van der Waals surface area (Å²) in [5.74, 6) is -2.35. The van der Waals surface area contributed by atoms with Crippen molar-refractivity contribution in [2.24, 2.45) is 0 Å². The van der Waals surface area contributed by atoms with E-state index in [9.17, 15) is 18.0 Å². The molecule has 0 aliphatic rings. The van der Waals surface area contributed by atoms with Crippen LogP contribution < -0.4 is 0 Å². The van der Waals surface area contributed by atoms with Crippen LogP contribution in [0.5, 0.6) is 0 Å². The summed E-state index contributed by atoms with van der Waals surface area (Å²) in [7, 11) is 0. The Kier molecular flexibility index (Phi) is 2.78. The van der Waals surface area contributed by atoms with Crippen molar-refractivity contribution < 1.29 is 18.0 Å². The van der Waals surface area contributed by atoms with Gasteiger partial charge in [0.05, 0.1) is 5.56 Å². The zero-order chi connectivity index (χ0) is 11.7. The largest absolute Gasteiger partial charge is 0.298 e. The van der Waals surface area contributed by atoms with Gasteiger partial charge in [0.25, 0.3) is 0 Å². The second-order valence-corrected chi connectivity index (χ2v) is 3.95. The summed E-state index contributed by atoms with van der Waals surface area (Å²) in [4.78, 5) is 10.4. The highest BCUT2D eigenvalue weighted by Crippen LogP contribution is 2.29. The van der Waals surface area contributed by atoms with Crippen LogP contribution in [0.1, 0.15) is 10.4 Å². The average molecular weight is 242 g/mol. The first-order valence-corrected chi connectivity index (χ1v) is 5.19. The van der Waals surface area contributed by atoms with Crippen LogP contribution in [0.15, 0.2) is 23.6 Å². The van der Waals surface area contributed by atoms with Gasteiger partial charge < -0.3 is 0 Å². The Labute approximate surface area is 93.2 Å². The molecule has 0 amide bonds. The summed E-state index contributed by atoms with van der Waals surface area (Å²) in [5, 5.41) is 0.905. The average Bonchev–Trinajstić information content (AvgIpc) is 2.69. The molecule has 2 aromatic rings. The number of hydrogen-bond donors (Lipinski definition) is 0. The van der Waals surface area contributed by atoms with E-state index in [0.717, 1.165) is 23.5 Å². The van der Waals surface area contributed by atoms with Crippen molar-refractivity contribution >= 4 is 17.6 Å². The molecule has 0 aliphatic carbocycles. The minimum Gasteiger partial charge on any atom is -0.298 e. The predicted octanol–water partition coefficient (Wildman–Crippen LogP) is 3.64. The third kappa shape index (κ3) is 1.74. The fraction of sp³-hybridized carbons (Fsp3) is 0. The lowest BCUT2D eigenvalue weighted by Gasteiger charge is -2.02. The van der Waals surface area contributed by atoms with Crippen molar-refractivity contribution in [2.75, 3.05) is 0 Å². The summed E-state index contributed by atoms with van der Waals surface area (Å²) in [6.45, 7) is 0. The topological polar surface area (TPSA) is 17.1 Å².